The van der Waals surface area contributed by atoms with Gasteiger partial charge in [-0.05, 0) is 181 Å². The van der Waals surface area contributed by atoms with Crippen molar-refractivity contribution in [1.29, 1.82) is 0 Å². The number of hydrogen-bond donors (Lipinski definition) is 15. The number of ether oxygens (including phenoxy) is 9. The number of esters is 5. The zero-order chi connectivity index (χ0) is 88.5. The van der Waals surface area contributed by atoms with Crippen LogP contribution in [0.4, 0.5) is 4.79 Å². The number of aromatic hydroxyl groups is 2. The molecule has 0 fully saturated rings. The smallest absolute Gasteiger partial charge is 0.508 e. The number of nitrogens with two attached hydrogens (primary N) is 5. The van der Waals surface area contributed by atoms with Gasteiger partial charge >= 0.3 is 36.0 Å². The third-order valence-electron chi connectivity index (χ3n) is 9.44. The first kappa shape index (κ1) is 185. The molecule has 0 amide bonds. The summed E-state index contributed by atoms with van der Waals surface area (Å²) >= 11 is 0. The van der Waals surface area contributed by atoms with Crippen molar-refractivity contribution in [3.8, 4) is 23.0 Å². The zero-order valence-corrected chi connectivity index (χ0v) is 70.4. The molecule has 32 heteroatoms. The van der Waals surface area contributed by atoms with Gasteiger partial charge in [0.1, 0.15) is 36.9 Å². The largest absolute Gasteiger partial charge is 0.510 e. The second kappa shape index (κ2) is 128. The van der Waals surface area contributed by atoms with Gasteiger partial charge in [-0.1, -0.05) is 190 Å². The summed E-state index contributed by atoms with van der Waals surface area (Å²) in [5.74, 6) is 0.115. The van der Waals surface area contributed by atoms with E-state index in [-0.39, 0.29) is 210 Å². The Hall–Kier alpha value is -8.19. The molecule has 124 heavy (non-hydrogen) atoms. The molecule has 0 spiro atoms. The molecule has 0 aliphatic carbocycles. The predicted octanol–water partition coefficient (Wildman–Crippen LogP) is 15.8. The van der Waals surface area contributed by atoms with Gasteiger partial charge in [0.2, 0.25) is 0 Å². The highest BCUT2D eigenvalue weighted by molar-refractivity contribution is 5.76. The highest BCUT2D eigenvalue weighted by Crippen LogP contribution is 2.24. The fraction of sp³-hybridized carbons (Fsp3) is 0.663. The van der Waals surface area contributed by atoms with Gasteiger partial charge in [0.15, 0.2) is 25.1 Å². The number of rotatable bonds is 21. The highest BCUT2D eigenvalue weighted by Gasteiger charge is 2.22. The number of aliphatic hydroxyl groups is 8. The van der Waals surface area contributed by atoms with Crippen LogP contribution in [0.15, 0.2) is 109 Å². The Morgan fingerprint density at radius 3 is 0.984 bits per heavy atom. The third-order valence-corrected chi connectivity index (χ3v) is 9.44. The highest BCUT2D eigenvalue weighted by atomic mass is 16.8. The lowest BCUT2D eigenvalue weighted by Crippen LogP contribution is -2.36. The molecule has 0 bridgehead atoms. The average molecular weight is 1810 g/mol. The van der Waals surface area contributed by atoms with Crippen LogP contribution in [-0.4, -0.2) is 240 Å². The zero-order valence-electron chi connectivity index (χ0n) is 70.4. The van der Waals surface area contributed by atoms with E-state index in [1.54, 1.807) is 167 Å². The van der Waals surface area contributed by atoms with Crippen molar-refractivity contribution >= 4 is 42.8 Å². The Bertz CT molecular complexity index is 2660. The Balaban J connectivity index is -0.0000000369. The normalized spacial score (nSPS) is 9.02. The molecule has 0 aliphatic rings. The minimum absolute atomic E-state index is 0. The second-order valence-corrected chi connectivity index (χ2v) is 25.6. The number of para-hydroxylation sites is 4. The summed E-state index contributed by atoms with van der Waals surface area (Å²) < 4.78 is 42.7. The van der Waals surface area contributed by atoms with E-state index >= 15 is 0 Å². The van der Waals surface area contributed by atoms with Gasteiger partial charge in [-0.25, -0.2) is 4.79 Å². The first-order valence-electron chi connectivity index (χ1n) is 35.4. The maximum Gasteiger partial charge on any atom is 0.510 e. The van der Waals surface area contributed by atoms with Gasteiger partial charge < -0.3 is 132 Å². The fourth-order valence-electron chi connectivity index (χ4n) is 4.89. The molecule has 0 radical (unpaired) electrons. The van der Waals surface area contributed by atoms with Gasteiger partial charge in [0.25, 0.3) is 0 Å². The molecular weight excluding hydrogens is 1610 g/mol. The van der Waals surface area contributed by atoms with Gasteiger partial charge in [-0.15, -0.1) is 0 Å². The summed E-state index contributed by atoms with van der Waals surface area (Å²) in [6, 6.07) is 31.7. The van der Waals surface area contributed by atoms with Crippen LogP contribution in [0, 0.1) is 5.41 Å². The Morgan fingerprint density at radius 1 is 0.444 bits per heavy atom. The summed E-state index contributed by atoms with van der Waals surface area (Å²) in [5, 5.41) is 84.0. The van der Waals surface area contributed by atoms with Crippen molar-refractivity contribution in [2.24, 2.45) is 34.1 Å². The lowest BCUT2D eigenvalue weighted by atomic mass is 9.98. The molecule has 32 nitrogen and oxygen atoms in total. The SMILES string of the molecule is C.C.C.C.C.C.C.C.C.C.C.C.C.C.C=O.CC(C)(C)C(=O)OCO.CC(C)(C)O.CC(C)O.CC(C)OC(=O)C(C)N.CC(C)OC(=O)CN.CC(C)OC(=O)OCO.CCC(N)C(=O)OC(C)C.CCOC(=O)CN.CCOc1ccccc1CO.CCOc1ccccc1O.C[N+](C)(C)CCO.NCCO.OCc1ccccc1.Oc1ccccc1. The van der Waals surface area contributed by atoms with Crippen LogP contribution in [0.25, 0.3) is 0 Å². The van der Waals surface area contributed by atoms with Crippen LogP contribution in [0.5, 0.6) is 23.0 Å². The minimum atomic E-state index is -0.840. The number of nitrogens with zero attached hydrogens (tertiary/aromatic N) is 1. The Kier molecular flexibility index (Phi) is 191. The number of carbonyl (C=O) groups is 7. The van der Waals surface area contributed by atoms with E-state index < -0.39 is 42.8 Å². The Morgan fingerprint density at radius 2 is 0.774 bits per heavy atom. The quantitative estimate of drug-likeness (QED) is 0.0159. The number of aliphatic hydroxyl groups excluding tert-OH is 7. The van der Waals surface area contributed by atoms with Crippen molar-refractivity contribution < 1.29 is 132 Å². The first-order valence-corrected chi connectivity index (χ1v) is 35.4. The summed E-state index contributed by atoms with van der Waals surface area (Å²) in [5.41, 5.74) is 26.0. The standard InChI is InChI=1S/C9H12O2.C8H10O2.C7H15NO2.C7H8O.C6H13NO2.C6H12O3.C6H6O.C5H11NO2.C5H14NO.C5H10O4.C4H9NO2.C4H10O.C3H8O.C2H7NO.CH2O.14CH4/c1-2-11-9-6-4-3-5-8(9)7-10;1-2-10-8-6-4-3-5-7(8)9;1-4-6(8)7(9)10-5(2)3;8-6-7-4-2-1-3-5-7;1-4(2)9-6(8)5(3)7;1-6(2,3)5(8)9-4-7;7-6-4-2-1-3-5-6;1-4(2)8-5(7)3-6;1-6(2,3)4-5-7;1-4(2)9-5(7)8-3-6;1-2-7-4(6)3-5;1-4(2,3)5;1-3(2)4;3-1-2-4;1-2;;;;;;;;;;;;;;/h3-6,10H,2,7H2,1H3;3-6,9H,2H2,1H3;5-6H,4,8H2,1-3H3;1-5,8H,6H2;4-5H,7H2,1-3H3;7H,4H2,1-3H3;1-5,7H;4H,3,6H2,1-2H3;7H,4-5H2,1-3H3;4,6H,3H2,1-2H3;2-3,5H2,1H3;5H,1-3H3;3-4H,1-2H3;4H,1-3H2;1H2;14*1H4/q;;;;;;;;+1;;;;;;;;;;;;;;;;;;;;. The van der Waals surface area contributed by atoms with Crippen LogP contribution in [-0.2, 0) is 75.1 Å². The van der Waals surface area contributed by atoms with E-state index in [2.05, 4.69) is 44.8 Å². The predicted molar refractivity (Wildman–Crippen MR) is 523 cm³/mol. The summed E-state index contributed by atoms with van der Waals surface area (Å²) in [6.07, 6.45) is -0.762. The van der Waals surface area contributed by atoms with Crippen molar-refractivity contribution in [2.45, 2.75) is 317 Å². The van der Waals surface area contributed by atoms with Crippen LogP contribution in [0.1, 0.15) is 267 Å². The maximum atomic E-state index is 10.8. The first-order chi connectivity index (χ1) is 51.0. The summed E-state index contributed by atoms with van der Waals surface area (Å²) in [7, 11) is 6.16. The van der Waals surface area contributed by atoms with E-state index in [0.717, 1.165) is 27.9 Å². The molecular formula is C92H203N6O26+. The van der Waals surface area contributed by atoms with E-state index in [1.165, 1.54) is 0 Å². The van der Waals surface area contributed by atoms with Crippen molar-refractivity contribution in [2.75, 3.05) is 93.9 Å². The van der Waals surface area contributed by atoms with Crippen LogP contribution in [0.3, 0.4) is 0 Å². The van der Waals surface area contributed by atoms with E-state index in [0.29, 0.717) is 44.3 Å². The van der Waals surface area contributed by atoms with Crippen molar-refractivity contribution in [3.63, 3.8) is 0 Å². The number of quaternary nitrogens is 1. The monoisotopic (exact) mass is 1810 g/mol. The lowest BCUT2D eigenvalue weighted by molar-refractivity contribution is -0.870. The van der Waals surface area contributed by atoms with E-state index in [4.69, 9.17) is 103 Å². The van der Waals surface area contributed by atoms with Gasteiger partial charge in [0, 0.05) is 18.2 Å². The van der Waals surface area contributed by atoms with Crippen LogP contribution in [0.2, 0.25) is 0 Å². The number of phenolic OH excluding ortho intramolecular Hbond substituents is 2. The third kappa shape index (κ3) is 180. The topological polar surface area (TPSA) is 535 Å². The summed E-state index contributed by atoms with van der Waals surface area (Å²) in [4.78, 5) is 70.7. The maximum absolute atomic E-state index is 10.8. The lowest BCUT2D eigenvalue weighted by Gasteiger charge is -2.21. The molecule has 0 aliphatic heterocycles. The van der Waals surface area contributed by atoms with Gasteiger partial charge in [-0.2, -0.15) is 0 Å². The van der Waals surface area contributed by atoms with Crippen LogP contribution >= 0.6 is 0 Å². The fourth-order valence-corrected chi connectivity index (χ4v) is 4.89. The number of likely N-dealkylation sites (N-methyl/N-ethyl adjacent to an activating group) is 1. The molecule has 0 saturated heterocycles. The molecule has 4 aromatic rings. The molecule has 756 valence electrons. The van der Waals surface area contributed by atoms with Gasteiger partial charge in [0.05, 0.1) is 116 Å². The molecule has 4 rings (SSSR count). The molecule has 2 atom stereocenters. The van der Waals surface area contributed by atoms with Crippen molar-refractivity contribution in [3.05, 3.63) is 120 Å². The van der Waals surface area contributed by atoms with E-state index in [9.17, 15) is 28.8 Å². The van der Waals surface area contributed by atoms with Crippen LogP contribution < -0.4 is 38.1 Å². The number of hydrogen-bond acceptors (Lipinski definition) is 31. The molecule has 0 saturated carbocycles. The number of phenols is 2. The molecule has 2 unspecified atom stereocenters. The number of carbonyl (C=O) groups excluding carboxylic acids is 7. The second-order valence-electron chi connectivity index (χ2n) is 25.6. The number of benzene rings is 4. The van der Waals surface area contributed by atoms with E-state index in [1.807, 2.05) is 94.3 Å². The molecule has 20 N–H and O–H groups in total. The van der Waals surface area contributed by atoms with Gasteiger partial charge in [-0.3, -0.25) is 24.0 Å². The average Bonchev–Trinajstić information content (AvgIpc) is 0.913. The van der Waals surface area contributed by atoms with Crippen molar-refractivity contribution in [1.82, 2.24) is 0 Å². The minimum Gasteiger partial charge on any atom is -0.508 e. The molecule has 0 aromatic heterocycles. The molecule has 4 aromatic carbocycles. The molecule has 0 heterocycles. The summed E-state index contributed by atoms with van der Waals surface area (Å²) in [6.45, 7) is 41.2. The Labute approximate surface area is 759 Å².